The highest BCUT2D eigenvalue weighted by molar-refractivity contribution is 5.91. The van der Waals surface area contributed by atoms with Crippen LogP contribution in [-0.2, 0) is 4.79 Å². The number of nitrogens with one attached hydrogen (secondary N) is 2. The van der Waals surface area contributed by atoms with Gasteiger partial charge in [-0.15, -0.1) is 0 Å². The molecule has 0 aliphatic heterocycles. The molecule has 2 rings (SSSR count). The van der Waals surface area contributed by atoms with Crippen LogP contribution < -0.4 is 15.4 Å². The Morgan fingerprint density at radius 1 is 1.30 bits per heavy atom. The third-order valence-electron chi connectivity index (χ3n) is 4.19. The van der Waals surface area contributed by atoms with Crippen LogP contribution >= 0.6 is 0 Å². The molecule has 1 aliphatic carbocycles. The average molecular weight is 276 g/mol. The normalized spacial score (nSPS) is 17.5. The molecule has 0 radical (unpaired) electrons. The second-order valence-corrected chi connectivity index (χ2v) is 5.55. The minimum Gasteiger partial charge on any atom is -0.497 e. The van der Waals surface area contributed by atoms with Crippen LogP contribution in [0.5, 0.6) is 5.75 Å². The smallest absolute Gasteiger partial charge is 0.226 e. The van der Waals surface area contributed by atoms with Crippen molar-refractivity contribution in [2.75, 3.05) is 19.5 Å². The second-order valence-electron chi connectivity index (χ2n) is 5.55. The van der Waals surface area contributed by atoms with E-state index in [1.165, 1.54) is 19.3 Å². The molecule has 1 fully saturated rings. The summed E-state index contributed by atoms with van der Waals surface area (Å²) in [6, 6.07) is 7.47. The molecule has 110 valence electrons. The molecule has 0 aromatic heterocycles. The van der Waals surface area contributed by atoms with Gasteiger partial charge in [-0.25, -0.2) is 0 Å². The molecule has 4 heteroatoms. The highest BCUT2D eigenvalue weighted by Gasteiger charge is 2.32. The summed E-state index contributed by atoms with van der Waals surface area (Å²) in [5.41, 5.74) is 0.762. The summed E-state index contributed by atoms with van der Waals surface area (Å²) < 4.78 is 5.16. The van der Waals surface area contributed by atoms with Crippen LogP contribution in [0.3, 0.4) is 0 Å². The summed E-state index contributed by atoms with van der Waals surface area (Å²) in [7, 11) is 3.59. The number of hydrogen-bond donors (Lipinski definition) is 2. The molecule has 1 aliphatic rings. The van der Waals surface area contributed by atoms with Gasteiger partial charge in [0.15, 0.2) is 0 Å². The molecule has 1 amide bonds. The van der Waals surface area contributed by atoms with E-state index in [-0.39, 0.29) is 11.4 Å². The van der Waals surface area contributed by atoms with Crippen LogP contribution in [0.2, 0.25) is 0 Å². The zero-order valence-electron chi connectivity index (χ0n) is 12.4. The molecule has 1 aromatic rings. The van der Waals surface area contributed by atoms with Crippen molar-refractivity contribution in [2.45, 2.75) is 44.1 Å². The minimum atomic E-state index is -0.0266. The SMILES string of the molecule is CNC1(CC(=O)Nc2cccc(OC)c2)CCCCC1. The van der Waals surface area contributed by atoms with Gasteiger partial charge in [0.2, 0.25) is 5.91 Å². The van der Waals surface area contributed by atoms with E-state index < -0.39 is 0 Å². The molecule has 0 bridgehead atoms. The molecule has 0 atom stereocenters. The number of amides is 1. The number of carbonyl (C=O) groups excluding carboxylic acids is 1. The van der Waals surface area contributed by atoms with Crippen LogP contribution in [0.1, 0.15) is 38.5 Å². The van der Waals surface area contributed by atoms with Crippen LogP contribution in [0.4, 0.5) is 5.69 Å². The molecule has 0 heterocycles. The van der Waals surface area contributed by atoms with E-state index >= 15 is 0 Å². The lowest BCUT2D eigenvalue weighted by molar-refractivity contribution is -0.117. The first-order chi connectivity index (χ1) is 9.67. The summed E-state index contributed by atoms with van der Waals surface area (Å²) in [5.74, 6) is 0.818. The Morgan fingerprint density at radius 3 is 2.70 bits per heavy atom. The van der Waals surface area contributed by atoms with E-state index in [0.29, 0.717) is 6.42 Å². The quantitative estimate of drug-likeness (QED) is 0.869. The van der Waals surface area contributed by atoms with Crippen molar-refractivity contribution < 1.29 is 9.53 Å². The number of methoxy groups -OCH3 is 1. The van der Waals surface area contributed by atoms with Gasteiger partial charge in [-0.2, -0.15) is 0 Å². The average Bonchev–Trinajstić information content (AvgIpc) is 2.48. The van der Waals surface area contributed by atoms with Crippen LogP contribution in [0.15, 0.2) is 24.3 Å². The number of ether oxygens (including phenoxy) is 1. The Kier molecular flexibility index (Phi) is 5.01. The van der Waals surface area contributed by atoms with Crippen molar-refractivity contribution in [3.63, 3.8) is 0 Å². The van der Waals surface area contributed by atoms with Gasteiger partial charge in [-0.1, -0.05) is 25.3 Å². The minimum absolute atomic E-state index is 0.0266. The van der Waals surface area contributed by atoms with Gasteiger partial charge in [0.1, 0.15) is 5.75 Å². The first-order valence-electron chi connectivity index (χ1n) is 7.30. The van der Waals surface area contributed by atoms with Crippen LogP contribution in [0, 0.1) is 0 Å². The van der Waals surface area contributed by atoms with Gasteiger partial charge in [0, 0.05) is 23.7 Å². The van der Waals surface area contributed by atoms with Crippen molar-refractivity contribution in [1.82, 2.24) is 5.32 Å². The zero-order chi connectivity index (χ0) is 14.4. The Balaban J connectivity index is 1.97. The van der Waals surface area contributed by atoms with Crippen molar-refractivity contribution in [2.24, 2.45) is 0 Å². The topological polar surface area (TPSA) is 50.4 Å². The fourth-order valence-corrected chi connectivity index (χ4v) is 2.96. The van der Waals surface area contributed by atoms with Gasteiger partial charge in [0.25, 0.3) is 0 Å². The molecule has 1 saturated carbocycles. The maximum atomic E-state index is 12.3. The van der Waals surface area contributed by atoms with Crippen molar-refractivity contribution in [3.8, 4) is 5.75 Å². The molecule has 0 spiro atoms. The van der Waals surface area contributed by atoms with E-state index in [0.717, 1.165) is 24.3 Å². The van der Waals surface area contributed by atoms with Gasteiger partial charge in [-0.05, 0) is 32.0 Å². The predicted molar refractivity (Wildman–Crippen MR) is 81.1 cm³/mol. The van der Waals surface area contributed by atoms with E-state index in [4.69, 9.17) is 4.74 Å². The van der Waals surface area contributed by atoms with Crippen molar-refractivity contribution in [1.29, 1.82) is 0 Å². The van der Waals surface area contributed by atoms with E-state index in [1.54, 1.807) is 7.11 Å². The van der Waals surface area contributed by atoms with Crippen molar-refractivity contribution in [3.05, 3.63) is 24.3 Å². The Morgan fingerprint density at radius 2 is 2.05 bits per heavy atom. The Bertz CT molecular complexity index is 454. The predicted octanol–water partition coefficient (Wildman–Crippen LogP) is 2.95. The summed E-state index contributed by atoms with van der Waals surface area (Å²) >= 11 is 0. The highest BCUT2D eigenvalue weighted by Crippen LogP contribution is 2.31. The number of carbonyl (C=O) groups is 1. The fourth-order valence-electron chi connectivity index (χ4n) is 2.96. The second kappa shape index (κ2) is 6.75. The monoisotopic (exact) mass is 276 g/mol. The summed E-state index contributed by atoms with van der Waals surface area (Å²) in [6.07, 6.45) is 6.37. The number of rotatable bonds is 5. The fraction of sp³-hybridized carbons (Fsp3) is 0.562. The first kappa shape index (κ1) is 14.9. The molecule has 2 N–H and O–H groups in total. The molecule has 0 unspecified atom stereocenters. The van der Waals surface area contributed by atoms with Gasteiger partial charge >= 0.3 is 0 Å². The Labute approximate surface area is 120 Å². The first-order valence-corrected chi connectivity index (χ1v) is 7.30. The largest absolute Gasteiger partial charge is 0.497 e. The Hall–Kier alpha value is -1.55. The number of benzene rings is 1. The summed E-state index contributed by atoms with van der Waals surface area (Å²) in [4.78, 5) is 12.3. The van der Waals surface area contributed by atoms with Gasteiger partial charge in [-0.3, -0.25) is 4.79 Å². The lowest BCUT2D eigenvalue weighted by Crippen LogP contribution is -2.47. The third kappa shape index (κ3) is 3.73. The van der Waals surface area contributed by atoms with E-state index in [2.05, 4.69) is 10.6 Å². The third-order valence-corrected chi connectivity index (χ3v) is 4.19. The summed E-state index contributed by atoms with van der Waals surface area (Å²) in [5, 5.41) is 6.34. The molecule has 20 heavy (non-hydrogen) atoms. The lowest BCUT2D eigenvalue weighted by Gasteiger charge is -2.36. The van der Waals surface area contributed by atoms with Gasteiger partial charge in [0.05, 0.1) is 7.11 Å². The van der Waals surface area contributed by atoms with Crippen molar-refractivity contribution >= 4 is 11.6 Å². The van der Waals surface area contributed by atoms with Gasteiger partial charge < -0.3 is 15.4 Å². The zero-order valence-corrected chi connectivity index (χ0v) is 12.4. The van der Waals surface area contributed by atoms with E-state index in [1.807, 2.05) is 31.3 Å². The molecule has 0 saturated heterocycles. The maximum absolute atomic E-state index is 12.3. The molecule has 4 nitrogen and oxygen atoms in total. The standard InChI is InChI=1S/C16H24N2O2/c1-17-16(9-4-3-5-10-16)12-15(19)18-13-7-6-8-14(11-13)20-2/h6-8,11,17H,3-5,9-10,12H2,1-2H3,(H,18,19). The highest BCUT2D eigenvalue weighted by atomic mass is 16.5. The number of anilines is 1. The van der Waals surface area contributed by atoms with Crippen LogP contribution in [-0.4, -0.2) is 25.6 Å². The lowest BCUT2D eigenvalue weighted by atomic mass is 9.79. The maximum Gasteiger partial charge on any atom is 0.226 e. The molecular weight excluding hydrogens is 252 g/mol. The van der Waals surface area contributed by atoms with E-state index in [9.17, 15) is 4.79 Å². The summed E-state index contributed by atoms with van der Waals surface area (Å²) in [6.45, 7) is 0. The number of hydrogen-bond acceptors (Lipinski definition) is 3. The molecular formula is C16H24N2O2. The molecule has 1 aromatic carbocycles. The van der Waals surface area contributed by atoms with Crippen LogP contribution in [0.25, 0.3) is 0 Å².